The molecule has 0 bridgehead atoms. The Labute approximate surface area is 133 Å². The molecule has 1 unspecified atom stereocenters. The standard InChI is InChI=1S/C16H18N6O/c1-11-9-17-7-5-14(11)23-13-6-8-21(10-13)16-4-3-15-19-18-12(2)22(15)20-16/h3-5,7,9,13H,6,8,10H2,1-2H3. The van der Waals surface area contributed by atoms with Crippen LogP contribution in [0.1, 0.15) is 17.8 Å². The number of hydrogen-bond acceptors (Lipinski definition) is 6. The molecule has 1 aliphatic rings. The first kappa shape index (κ1) is 13.9. The van der Waals surface area contributed by atoms with Crippen molar-refractivity contribution in [1.29, 1.82) is 0 Å². The highest BCUT2D eigenvalue weighted by Gasteiger charge is 2.26. The molecule has 0 spiro atoms. The van der Waals surface area contributed by atoms with E-state index in [4.69, 9.17) is 4.74 Å². The van der Waals surface area contributed by atoms with Crippen LogP contribution >= 0.6 is 0 Å². The highest BCUT2D eigenvalue weighted by atomic mass is 16.5. The predicted octanol–water partition coefficient (Wildman–Crippen LogP) is 1.79. The maximum atomic E-state index is 6.11. The van der Waals surface area contributed by atoms with Gasteiger partial charge in [-0.2, -0.15) is 4.52 Å². The first-order chi connectivity index (χ1) is 11.2. The van der Waals surface area contributed by atoms with Gasteiger partial charge in [-0.05, 0) is 32.0 Å². The lowest BCUT2D eigenvalue weighted by Gasteiger charge is -2.18. The second kappa shape index (κ2) is 5.49. The van der Waals surface area contributed by atoms with Gasteiger partial charge >= 0.3 is 0 Å². The van der Waals surface area contributed by atoms with Crippen LogP contribution in [0.3, 0.4) is 0 Å². The van der Waals surface area contributed by atoms with Crippen molar-refractivity contribution >= 4 is 11.5 Å². The fraction of sp³-hybridized carbons (Fsp3) is 0.375. The predicted molar refractivity (Wildman–Crippen MR) is 85.7 cm³/mol. The van der Waals surface area contributed by atoms with E-state index >= 15 is 0 Å². The Bertz CT molecular complexity index is 845. The molecule has 4 rings (SSSR count). The van der Waals surface area contributed by atoms with Crippen molar-refractivity contribution in [2.45, 2.75) is 26.4 Å². The molecule has 1 saturated heterocycles. The van der Waals surface area contributed by atoms with Crippen LogP contribution in [0.25, 0.3) is 5.65 Å². The lowest BCUT2D eigenvalue weighted by molar-refractivity contribution is 0.223. The summed E-state index contributed by atoms with van der Waals surface area (Å²) >= 11 is 0. The van der Waals surface area contributed by atoms with Gasteiger partial charge in [0.25, 0.3) is 0 Å². The molecular weight excluding hydrogens is 292 g/mol. The van der Waals surface area contributed by atoms with Crippen molar-refractivity contribution in [3.05, 3.63) is 42.0 Å². The molecule has 1 atom stereocenters. The quantitative estimate of drug-likeness (QED) is 0.735. The van der Waals surface area contributed by atoms with Crippen LogP contribution in [0.5, 0.6) is 5.75 Å². The second-order valence-corrected chi connectivity index (χ2v) is 5.82. The van der Waals surface area contributed by atoms with Crippen LogP contribution in [-0.2, 0) is 0 Å². The summed E-state index contributed by atoms with van der Waals surface area (Å²) < 4.78 is 7.89. The van der Waals surface area contributed by atoms with Gasteiger partial charge in [-0.25, -0.2) is 0 Å². The van der Waals surface area contributed by atoms with Gasteiger partial charge in [-0.3, -0.25) is 4.98 Å². The smallest absolute Gasteiger partial charge is 0.178 e. The average molecular weight is 310 g/mol. The minimum absolute atomic E-state index is 0.163. The van der Waals surface area contributed by atoms with E-state index in [2.05, 4.69) is 25.2 Å². The third kappa shape index (κ3) is 2.58. The monoisotopic (exact) mass is 310 g/mol. The minimum Gasteiger partial charge on any atom is -0.488 e. The summed E-state index contributed by atoms with van der Waals surface area (Å²) in [7, 11) is 0. The van der Waals surface area contributed by atoms with Crippen LogP contribution in [0.15, 0.2) is 30.6 Å². The van der Waals surface area contributed by atoms with Gasteiger partial charge in [0.1, 0.15) is 17.7 Å². The molecule has 7 nitrogen and oxygen atoms in total. The third-order valence-electron chi connectivity index (χ3n) is 4.14. The second-order valence-electron chi connectivity index (χ2n) is 5.82. The number of fused-ring (bicyclic) bond motifs is 1. The number of pyridine rings is 1. The van der Waals surface area contributed by atoms with Crippen molar-refractivity contribution in [2.75, 3.05) is 18.0 Å². The van der Waals surface area contributed by atoms with Crippen molar-refractivity contribution in [3.8, 4) is 5.75 Å². The number of hydrogen-bond donors (Lipinski definition) is 0. The zero-order valence-corrected chi connectivity index (χ0v) is 13.2. The van der Waals surface area contributed by atoms with Crippen LogP contribution in [0.2, 0.25) is 0 Å². The van der Waals surface area contributed by atoms with E-state index < -0.39 is 0 Å². The van der Waals surface area contributed by atoms with Crippen LogP contribution in [0, 0.1) is 13.8 Å². The highest BCUT2D eigenvalue weighted by molar-refractivity contribution is 5.46. The van der Waals surface area contributed by atoms with Crippen LogP contribution < -0.4 is 9.64 Å². The summed E-state index contributed by atoms with van der Waals surface area (Å²) in [6.07, 6.45) is 4.73. The molecule has 0 aromatic carbocycles. The van der Waals surface area contributed by atoms with E-state index in [-0.39, 0.29) is 6.10 Å². The first-order valence-electron chi connectivity index (χ1n) is 7.72. The Morgan fingerprint density at radius 3 is 2.96 bits per heavy atom. The normalized spacial score (nSPS) is 17.8. The van der Waals surface area contributed by atoms with Gasteiger partial charge < -0.3 is 9.64 Å². The van der Waals surface area contributed by atoms with Crippen molar-refractivity contribution in [3.63, 3.8) is 0 Å². The Morgan fingerprint density at radius 1 is 1.17 bits per heavy atom. The summed E-state index contributed by atoms with van der Waals surface area (Å²) in [6.45, 7) is 5.66. The third-order valence-corrected chi connectivity index (χ3v) is 4.14. The summed E-state index contributed by atoms with van der Waals surface area (Å²) in [5.74, 6) is 2.63. The number of nitrogens with zero attached hydrogens (tertiary/aromatic N) is 6. The van der Waals surface area contributed by atoms with E-state index in [0.29, 0.717) is 0 Å². The Morgan fingerprint density at radius 2 is 2.09 bits per heavy atom. The molecule has 7 heteroatoms. The summed E-state index contributed by atoms with van der Waals surface area (Å²) in [5, 5.41) is 12.7. The van der Waals surface area contributed by atoms with E-state index in [1.807, 2.05) is 38.2 Å². The fourth-order valence-electron chi connectivity index (χ4n) is 2.86. The molecule has 3 aromatic rings. The molecule has 0 amide bonds. The number of anilines is 1. The maximum Gasteiger partial charge on any atom is 0.178 e. The topological polar surface area (TPSA) is 68.4 Å². The van der Waals surface area contributed by atoms with Crippen LogP contribution in [0.4, 0.5) is 5.82 Å². The molecule has 0 aliphatic carbocycles. The van der Waals surface area contributed by atoms with Crippen molar-refractivity contribution < 1.29 is 4.74 Å². The van der Waals surface area contributed by atoms with Gasteiger partial charge in [0, 0.05) is 30.9 Å². The zero-order chi connectivity index (χ0) is 15.8. The number of ether oxygens (including phenoxy) is 1. The van der Waals surface area contributed by atoms with E-state index in [0.717, 1.165) is 48.1 Å². The molecule has 0 saturated carbocycles. The highest BCUT2D eigenvalue weighted by Crippen LogP contribution is 2.24. The molecule has 4 heterocycles. The van der Waals surface area contributed by atoms with Gasteiger partial charge in [-0.1, -0.05) is 0 Å². The van der Waals surface area contributed by atoms with E-state index in [1.165, 1.54) is 0 Å². The molecule has 118 valence electrons. The lowest BCUT2D eigenvalue weighted by Crippen LogP contribution is -2.25. The van der Waals surface area contributed by atoms with Crippen LogP contribution in [-0.4, -0.2) is 44.0 Å². The zero-order valence-electron chi connectivity index (χ0n) is 13.2. The maximum absolute atomic E-state index is 6.11. The molecule has 1 fully saturated rings. The number of rotatable bonds is 3. The minimum atomic E-state index is 0.163. The van der Waals surface area contributed by atoms with Gasteiger partial charge in [0.15, 0.2) is 11.5 Å². The van der Waals surface area contributed by atoms with Crippen molar-refractivity contribution in [2.24, 2.45) is 0 Å². The van der Waals surface area contributed by atoms with Gasteiger partial charge in [-0.15, -0.1) is 15.3 Å². The fourth-order valence-corrected chi connectivity index (χ4v) is 2.86. The number of aryl methyl sites for hydroxylation is 2. The molecule has 0 radical (unpaired) electrons. The van der Waals surface area contributed by atoms with E-state index in [9.17, 15) is 0 Å². The summed E-state index contributed by atoms with van der Waals surface area (Å²) in [6, 6.07) is 5.86. The lowest BCUT2D eigenvalue weighted by atomic mass is 10.2. The Kier molecular flexibility index (Phi) is 3.33. The molecular formula is C16H18N6O. The molecule has 3 aromatic heterocycles. The summed E-state index contributed by atoms with van der Waals surface area (Å²) in [5.41, 5.74) is 1.83. The molecule has 23 heavy (non-hydrogen) atoms. The number of aromatic nitrogens is 5. The van der Waals surface area contributed by atoms with Crippen molar-refractivity contribution in [1.82, 2.24) is 24.8 Å². The Hall–Kier alpha value is -2.70. The molecule has 0 N–H and O–H groups in total. The Balaban J connectivity index is 1.51. The first-order valence-corrected chi connectivity index (χ1v) is 7.72. The summed E-state index contributed by atoms with van der Waals surface area (Å²) in [4.78, 5) is 6.34. The SMILES string of the molecule is Cc1cnccc1OC1CCN(c2ccc3nnc(C)n3n2)C1. The van der Waals surface area contributed by atoms with E-state index in [1.54, 1.807) is 10.7 Å². The average Bonchev–Trinajstić information content (AvgIpc) is 3.17. The van der Waals surface area contributed by atoms with Gasteiger partial charge in [0.05, 0.1) is 6.54 Å². The molecule has 1 aliphatic heterocycles. The largest absolute Gasteiger partial charge is 0.488 e. The van der Waals surface area contributed by atoms with Gasteiger partial charge in [0.2, 0.25) is 0 Å².